The first kappa shape index (κ1) is 20.8. The van der Waals surface area contributed by atoms with E-state index in [0.29, 0.717) is 5.76 Å². The Bertz CT molecular complexity index is 836. The van der Waals surface area contributed by atoms with Crippen LogP contribution in [0.25, 0.3) is 0 Å². The minimum atomic E-state index is 0.0120. The first-order valence-electron chi connectivity index (χ1n) is 10.9. The smallest absolute Gasteiger partial charge is 0.289 e. The van der Waals surface area contributed by atoms with Gasteiger partial charge in [0, 0.05) is 52.4 Å². The van der Waals surface area contributed by atoms with Crippen molar-refractivity contribution in [2.45, 2.75) is 13.5 Å². The zero-order valence-electron chi connectivity index (χ0n) is 18.0. The van der Waals surface area contributed by atoms with E-state index < -0.39 is 0 Å². The fourth-order valence-corrected chi connectivity index (χ4v) is 4.26. The maximum atomic E-state index is 12.7. The summed E-state index contributed by atoms with van der Waals surface area (Å²) in [4.78, 5) is 21.7. The molecule has 1 amide bonds. The van der Waals surface area contributed by atoms with Crippen LogP contribution in [0.5, 0.6) is 5.75 Å². The van der Waals surface area contributed by atoms with Crippen molar-refractivity contribution in [2.24, 2.45) is 0 Å². The van der Waals surface area contributed by atoms with Gasteiger partial charge in [0.15, 0.2) is 5.76 Å². The Kier molecular flexibility index (Phi) is 6.59. The second kappa shape index (κ2) is 9.53. The maximum absolute atomic E-state index is 12.7. The number of furan rings is 1. The van der Waals surface area contributed by atoms with Gasteiger partial charge in [-0.05, 0) is 30.8 Å². The summed E-state index contributed by atoms with van der Waals surface area (Å²) in [5.74, 6) is 2.25. The van der Waals surface area contributed by atoms with Crippen molar-refractivity contribution in [3.05, 3.63) is 47.9 Å². The lowest BCUT2D eigenvalue weighted by Crippen LogP contribution is -2.48. The number of ether oxygens (including phenoxy) is 1. The van der Waals surface area contributed by atoms with Gasteiger partial charge in [-0.1, -0.05) is 19.1 Å². The average Bonchev–Trinajstić information content (AvgIpc) is 3.27. The Labute approximate surface area is 178 Å². The maximum Gasteiger partial charge on any atom is 0.289 e. The van der Waals surface area contributed by atoms with Gasteiger partial charge in [0.1, 0.15) is 11.5 Å². The number of rotatable bonds is 6. The van der Waals surface area contributed by atoms with Crippen LogP contribution in [0.3, 0.4) is 0 Å². The third-order valence-corrected chi connectivity index (χ3v) is 6.16. The van der Waals surface area contributed by atoms with Crippen molar-refractivity contribution < 1.29 is 13.9 Å². The third-order valence-electron chi connectivity index (χ3n) is 6.16. The molecule has 2 aromatic rings. The minimum Gasteiger partial charge on any atom is -0.495 e. The molecule has 0 saturated carbocycles. The van der Waals surface area contributed by atoms with E-state index in [4.69, 9.17) is 9.15 Å². The molecule has 2 saturated heterocycles. The number of carbonyl (C=O) groups is 1. The van der Waals surface area contributed by atoms with Crippen molar-refractivity contribution in [3.63, 3.8) is 0 Å². The van der Waals surface area contributed by atoms with Gasteiger partial charge in [0.25, 0.3) is 5.91 Å². The molecule has 3 heterocycles. The molecule has 7 heteroatoms. The van der Waals surface area contributed by atoms with E-state index in [2.05, 4.69) is 27.7 Å². The predicted molar refractivity (Wildman–Crippen MR) is 117 cm³/mol. The van der Waals surface area contributed by atoms with E-state index in [0.717, 1.165) is 82.6 Å². The highest BCUT2D eigenvalue weighted by Gasteiger charge is 2.25. The van der Waals surface area contributed by atoms with Gasteiger partial charge in [0.2, 0.25) is 0 Å². The molecular formula is C23H32N4O3. The van der Waals surface area contributed by atoms with Gasteiger partial charge in [-0.15, -0.1) is 0 Å². The molecule has 30 heavy (non-hydrogen) atoms. The molecule has 2 fully saturated rings. The molecule has 1 aromatic carbocycles. The number of carbonyl (C=O) groups excluding carboxylic acids is 1. The summed E-state index contributed by atoms with van der Waals surface area (Å²) in [6, 6.07) is 11.9. The van der Waals surface area contributed by atoms with E-state index in [1.165, 1.54) is 0 Å². The Hall–Kier alpha value is -2.51. The third kappa shape index (κ3) is 4.63. The van der Waals surface area contributed by atoms with E-state index in [1.54, 1.807) is 7.11 Å². The van der Waals surface area contributed by atoms with Crippen LogP contribution in [-0.4, -0.2) is 86.6 Å². The summed E-state index contributed by atoms with van der Waals surface area (Å²) in [6.07, 6.45) is 0. The second-order valence-electron chi connectivity index (χ2n) is 7.93. The topological polar surface area (TPSA) is 52.4 Å². The molecule has 0 unspecified atom stereocenters. The van der Waals surface area contributed by atoms with Gasteiger partial charge in [-0.3, -0.25) is 9.69 Å². The average molecular weight is 413 g/mol. The highest BCUT2D eigenvalue weighted by atomic mass is 16.5. The van der Waals surface area contributed by atoms with Crippen molar-refractivity contribution in [2.75, 3.05) is 70.9 Å². The molecular weight excluding hydrogens is 380 g/mol. The summed E-state index contributed by atoms with van der Waals surface area (Å²) in [5.41, 5.74) is 1.15. The van der Waals surface area contributed by atoms with Crippen molar-refractivity contribution in [1.82, 2.24) is 14.7 Å². The van der Waals surface area contributed by atoms with Crippen LogP contribution < -0.4 is 9.64 Å². The zero-order valence-corrected chi connectivity index (χ0v) is 18.0. The van der Waals surface area contributed by atoms with Gasteiger partial charge in [0.05, 0.1) is 19.3 Å². The fourth-order valence-electron chi connectivity index (χ4n) is 4.26. The Morgan fingerprint density at radius 1 is 0.933 bits per heavy atom. The lowest BCUT2D eigenvalue weighted by atomic mass is 10.2. The van der Waals surface area contributed by atoms with Gasteiger partial charge in [-0.2, -0.15) is 0 Å². The molecule has 1 aromatic heterocycles. The van der Waals surface area contributed by atoms with Crippen molar-refractivity contribution in [3.8, 4) is 5.75 Å². The van der Waals surface area contributed by atoms with Gasteiger partial charge >= 0.3 is 0 Å². The lowest BCUT2D eigenvalue weighted by molar-refractivity contribution is 0.0608. The molecule has 7 nitrogen and oxygen atoms in total. The fraction of sp³-hybridized carbons (Fsp3) is 0.522. The molecule has 0 bridgehead atoms. The number of likely N-dealkylation sites (N-methyl/N-ethyl adjacent to an activating group) is 1. The SMILES string of the molecule is CCN1CCN(C(=O)c2ccc(CN3CCN(c4ccccc4OC)CC3)o2)CC1. The largest absolute Gasteiger partial charge is 0.495 e. The number of anilines is 1. The molecule has 2 aliphatic rings. The summed E-state index contributed by atoms with van der Waals surface area (Å²) in [5, 5.41) is 0. The first-order chi connectivity index (χ1) is 14.7. The molecule has 0 spiro atoms. The van der Waals surface area contributed by atoms with Gasteiger partial charge in [-0.25, -0.2) is 0 Å². The number of nitrogens with zero attached hydrogens (tertiary/aromatic N) is 4. The van der Waals surface area contributed by atoms with Crippen LogP contribution in [0.1, 0.15) is 23.2 Å². The zero-order chi connectivity index (χ0) is 20.9. The molecule has 0 radical (unpaired) electrons. The van der Waals surface area contributed by atoms with E-state index in [-0.39, 0.29) is 5.91 Å². The van der Waals surface area contributed by atoms with Gasteiger partial charge < -0.3 is 23.9 Å². The molecule has 162 valence electrons. The van der Waals surface area contributed by atoms with E-state index >= 15 is 0 Å². The van der Waals surface area contributed by atoms with Crippen LogP contribution in [-0.2, 0) is 6.54 Å². The number of para-hydroxylation sites is 2. The monoisotopic (exact) mass is 412 g/mol. The van der Waals surface area contributed by atoms with Crippen LogP contribution in [0.15, 0.2) is 40.8 Å². The molecule has 0 aliphatic carbocycles. The number of amides is 1. The van der Waals surface area contributed by atoms with Crippen LogP contribution in [0, 0.1) is 0 Å². The summed E-state index contributed by atoms with van der Waals surface area (Å²) in [6.45, 7) is 11.1. The van der Waals surface area contributed by atoms with Crippen molar-refractivity contribution >= 4 is 11.6 Å². The van der Waals surface area contributed by atoms with Crippen LogP contribution in [0.4, 0.5) is 5.69 Å². The normalized spacial score (nSPS) is 18.6. The first-order valence-corrected chi connectivity index (χ1v) is 10.9. The summed E-state index contributed by atoms with van der Waals surface area (Å²) >= 11 is 0. The summed E-state index contributed by atoms with van der Waals surface area (Å²) in [7, 11) is 1.72. The number of piperazine rings is 2. The van der Waals surface area contributed by atoms with Crippen molar-refractivity contribution in [1.29, 1.82) is 0 Å². The Morgan fingerprint density at radius 3 is 2.33 bits per heavy atom. The summed E-state index contributed by atoms with van der Waals surface area (Å²) < 4.78 is 11.4. The Morgan fingerprint density at radius 2 is 1.63 bits per heavy atom. The lowest BCUT2D eigenvalue weighted by Gasteiger charge is -2.36. The quantitative estimate of drug-likeness (QED) is 0.726. The Balaban J connectivity index is 1.29. The standard InChI is InChI=1S/C23H32N4O3/c1-3-24-10-16-27(17-11-24)23(28)22-9-8-19(30-22)18-25-12-14-26(15-13-25)20-6-4-5-7-21(20)29-2/h4-9H,3,10-18H2,1-2H3. The number of hydrogen-bond donors (Lipinski definition) is 0. The molecule has 0 N–H and O–H groups in total. The highest BCUT2D eigenvalue weighted by molar-refractivity contribution is 5.91. The van der Waals surface area contributed by atoms with E-state index in [1.807, 2.05) is 35.2 Å². The predicted octanol–water partition coefficient (Wildman–Crippen LogP) is 2.39. The number of methoxy groups -OCH3 is 1. The number of benzene rings is 1. The molecule has 2 aliphatic heterocycles. The van der Waals surface area contributed by atoms with Crippen LogP contribution in [0.2, 0.25) is 0 Å². The second-order valence-corrected chi connectivity index (χ2v) is 7.93. The van der Waals surface area contributed by atoms with E-state index in [9.17, 15) is 4.79 Å². The van der Waals surface area contributed by atoms with Crippen LogP contribution >= 0.6 is 0 Å². The highest BCUT2D eigenvalue weighted by Crippen LogP contribution is 2.28. The number of hydrogen-bond acceptors (Lipinski definition) is 6. The molecule has 4 rings (SSSR count). The molecule has 0 atom stereocenters. The minimum absolute atomic E-state index is 0.0120.